The van der Waals surface area contributed by atoms with Gasteiger partial charge in [-0.25, -0.2) is 0 Å². The smallest absolute Gasteiger partial charge is 0.0710 e. The van der Waals surface area contributed by atoms with E-state index in [1.54, 1.807) is 0 Å². The van der Waals surface area contributed by atoms with E-state index < -0.39 is 0 Å². The number of fused-ring (bicyclic) bond motifs is 4. The van der Waals surface area contributed by atoms with Crippen molar-refractivity contribution >= 4 is 0 Å². The zero-order valence-electron chi connectivity index (χ0n) is 14.6. The molecule has 0 spiro atoms. The lowest BCUT2D eigenvalue weighted by atomic mass is 9.66. The summed E-state index contributed by atoms with van der Waals surface area (Å²) in [5.74, 6) is 1.51. The van der Waals surface area contributed by atoms with Gasteiger partial charge in [-0.15, -0.1) is 0 Å². The van der Waals surface area contributed by atoms with Crippen molar-refractivity contribution < 1.29 is 0 Å². The Balaban J connectivity index is 1.76. The summed E-state index contributed by atoms with van der Waals surface area (Å²) in [6.07, 6.45) is 8.71. The number of hydrogen-bond acceptors (Lipinski definition) is 0. The van der Waals surface area contributed by atoms with Crippen LogP contribution < -0.4 is 0 Å². The first-order valence-electron chi connectivity index (χ1n) is 9.54. The molecule has 1 fully saturated rings. The molecule has 3 aliphatic carbocycles. The van der Waals surface area contributed by atoms with Crippen LogP contribution in [0.25, 0.3) is 11.1 Å². The number of allylic oxidation sites excluding steroid dienone is 4. The monoisotopic (exact) mass is 332 g/mol. The lowest BCUT2D eigenvalue weighted by Crippen LogP contribution is -2.29. The molecule has 3 aromatic rings. The van der Waals surface area contributed by atoms with E-state index in [4.69, 9.17) is 0 Å². The third kappa shape index (κ3) is 1.74. The number of hydrogen-bond donors (Lipinski definition) is 0. The highest BCUT2D eigenvalue weighted by molar-refractivity contribution is 5.86. The first kappa shape index (κ1) is 14.3. The second-order valence-electron chi connectivity index (χ2n) is 7.75. The SMILES string of the molecule is C1=CC2CC2C=C1C1(c2ccccc2)c2ccccc2-c2ccccc21. The Morgan fingerprint density at radius 3 is 1.92 bits per heavy atom. The predicted octanol–water partition coefficient (Wildman–Crippen LogP) is 6.13. The van der Waals surface area contributed by atoms with Gasteiger partial charge in [-0.1, -0.05) is 97.1 Å². The van der Waals surface area contributed by atoms with Crippen LogP contribution in [0.4, 0.5) is 0 Å². The van der Waals surface area contributed by atoms with E-state index in [1.807, 2.05) is 0 Å². The summed E-state index contributed by atoms with van der Waals surface area (Å²) in [5, 5.41) is 0. The minimum absolute atomic E-state index is 0.196. The van der Waals surface area contributed by atoms with Gasteiger partial charge in [0.1, 0.15) is 0 Å². The Hall–Kier alpha value is -2.86. The molecule has 0 radical (unpaired) electrons. The van der Waals surface area contributed by atoms with E-state index >= 15 is 0 Å². The van der Waals surface area contributed by atoms with Crippen LogP contribution in [0.2, 0.25) is 0 Å². The molecule has 0 amide bonds. The van der Waals surface area contributed by atoms with Gasteiger partial charge in [0, 0.05) is 0 Å². The summed E-state index contributed by atoms with van der Waals surface area (Å²) in [5.41, 5.74) is 8.20. The summed E-state index contributed by atoms with van der Waals surface area (Å²) in [6, 6.07) is 29.0. The van der Waals surface area contributed by atoms with Gasteiger partial charge in [0.05, 0.1) is 5.41 Å². The van der Waals surface area contributed by atoms with Gasteiger partial charge < -0.3 is 0 Å². The fourth-order valence-corrected chi connectivity index (χ4v) is 5.12. The molecule has 0 heteroatoms. The van der Waals surface area contributed by atoms with Gasteiger partial charge in [-0.05, 0) is 51.6 Å². The van der Waals surface area contributed by atoms with Gasteiger partial charge in [0.2, 0.25) is 0 Å². The minimum Gasteiger partial charge on any atom is -0.0805 e. The fourth-order valence-electron chi connectivity index (χ4n) is 5.12. The van der Waals surface area contributed by atoms with Crippen LogP contribution in [0.15, 0.2) is 103 Å². The summed E-state index contributed by atoms with van der Waals surface area (Å²) in [6.45, 7) is 0. The molecule has 3 aromatic carbocycles. The Bertz CT molecular complexity index is 1020. The van der Waals surface area contributed by atoms with Crippen LogP contribution in [0, 0.1) is 11.8 Å². The van der Waals surface area contributed by atoms with Crippen molar-refractivity contribution in [3.63, 3.8) is 0 Å². The van der Waals surface area contributed by atoms with E-state index in [0.717, 1.165) is 11.8 Å². The molecule has 0 nitrogen and oxygen atoms in total. The Morgan fingerprint density at radius 2 is 1.27 bits per heavy atom. The largest absolute Gasteiger partial charge is 0.0805 e. The molecule has 0 aliphatic heterocycles. The van der Waals surface area contributed by atoms with Gasteiger partial charge in [0.25, 0.3) is 0 Å². The quantitative estimate of drug-likeness (QED) is 0.529. The van der Waals surface area contributed by atoms with Crippen LogP contribution >= 0.6 is 0 Å². The van der Waals surface area contributed by atoms with E-state index in [9.17, 15) is 0 Å². The third-order valence-electron chi connectivity index (χ3n) is 6.40. The maximum atomic E-state index is 2.55. The molecule has 0 aromatic heterocycles. The molecule has 3 aliphatic rings. The maximum absolute atomic E-state index is 2.55. The summed E-state index contributed by atoms with van der Waals surface area (Å²) >= 11 is 0. The molecule has 0 heterocycles. The van der Waals surface area contributed by atoms with Gasteiger partial charge >= 0.3 is 0 Å². The average molecular weight is 332 g/mol. The second-order valence-corrected chi connectivity index (χ2v) is 7.75. The van der Waals surface area contributed by atoms with E-state index in [0.29, 0.717) is 0 Å². The molecule has 2 atom stereocenters. The molecule has 6 rings (SSSR count). The third-order valence-corrected chi connectivity index (χ3v) is 6.40. The predicted molar refractivity (Wildman–Crippen MR) is 107 cm³/mol. The first-order valence-corrected chi connectivity index (χ1v) is 9.54. The Morgan fingerprint density at radius 1 is 0.654 bits per heavy atom. The van der Waals surface area contributed by atoms with E-state index in [-0.39, 0.29) is 5.41 Å². The summed E-state index contributed by atoms with van der Waals surface area (Å²) in [7, 11) is 0. The zero-order chi connectivity index (χ0) is 17.1. The van der Waals surface area contributed by atoms with Crippen LogP contribution in [-0.4, -0.2) is 0 Å². The van der Waals surface area contributed by atoms with Crippen molar-refractivity contribution in [1.82, 2.24) is 0 Å². The van der Waals surface area contributed by atoms with Crippen LogP contribution in [0.1, 0.15) is 23.1 Å². The van der Waals surface area contributed by atoms with Crippen molar-refractivity contribution in [1.29, 1.82) is 0 Å². The highest BCUT2D eigenvalue weighted by atomic mass is 14.5. The van der Waals surface area contributed by atoms with Crippen molar-refractivity contribution in [2.24, 2.45) is 11.8 Å². The van der Waals surface area contributed by atoms with E-state index in [1.165, 1.54) is 39.8 Å². The summed E-state index contributed by atoms with van der Waals surface area (Å²) < 4.78 is 0. The highest BCUT2D eigenvalue weighted by Gasteiger charge is 2.48. The molecule has 0 N–H and O–H groups in total. The van der Waals surface area contributed by atoms with Crippen molar-refractivity contribution in [3.05, 3.63) is 119 Å². The number of benzene rings is 3. The lowest BCUT2D eigenvalue weighted by molar-refractivity contribution is 0.747. The summed E-state index contributed by atoms with van der Waals surface area (Å²) in [4.78, 5) is 0. The van der Waals surface area contributed by atoms with E-state index in [2.05, 4.69) is 97.1 Å². The highest BCUT2D eigenvalue weighted by Crippen LogP contribution is 2.58. The normalized spacial score (nSPS) is 23.6. The zero-order valence-corrected chi connectivity index (χ0v) is 14.6. The van der Waals surface area contributed by atoms with Gasteiger partial charge in [0.15, 0.2) is 0 Å². The van der Waals surface area contributed by atoms with Crippen LogP contribution in [-0.2, 0) is 5.41 Å². The average Bonchev–Trinajstić information content (AvgIpc) is 3.43. The Kier molecular flexibility index (Phi) is 2.80. The molecule has 26 heavy (non-hydrogen) atoms. The molecule has 0 bridgehead atoms. The van der Waals surface area contributed by atoms with Crippen LogP contribution in [0.3, 0.4) is 0 Å². The van der Waals surface area contributed by atoms with Gasteiger partial charge in [-0.3, -0.25) is 0 Å². The van der Waals surface area contributed by atoms with Crippen molar-refractivity contribution in [3.8, 4) is 11.1 Å². The molecule has 0 saturated heterocycles. The first-order chi connectivity index (χ1) is 12.9. The maximum Gasteiger partial charge on any atom is 0.0710 e. The van der Waals surface area contributed by atoms with Crippen molar-refractivity contribution in [2.75, 3.05) is 0 Å². The fraction of sp³-hybridized carbons (Fsp3) is 0.154. The second kappa shape index (κ2) is 5.08. The van der Waals surface area contributed by atoms with Crippen molar-refractivity contribution in [2.45, 2.75) is 11.8 Å². The van der Waals surface area contributed by atoms with Crippen LogP contribution in [0.5, 0.6) is 0 Å². The molecule has 124 valence electrons. The lowest BCUT2D eigenvalue weighted by Gasteiger charge is -2.35. The standard InChI is InChI=1S/C26H20/c1-2-8-20(9-3-1)26(21-15-14-18-16-19(18)17-21)24-12-6-4-10-22(24)23-11-5-7-13-25(23)26/h1-15,17-19H,16H2. The minimum atomic E-state index is -0.196. The molecule has 1 saturated carbocycles. The Labute approximate surface area is 154 Å². The number of rotatable bonds is 2. The molecular weight excluding hydrogens is 312 g/mol. The molecule has 2 unspecified atom stereocenters. The topological polar surface area (TPSA) is 0 Å². The van der Waals surface area contributed by atoms with Gasteiger partial charge in [-0.2, -0.15) is 0 Å². The molecular formula is C26H20.